The van der Waals surface area contributed by atoms with Gasteiger partial charge in [0.25, 0.3) is 0 Å². The predicted octanol–water partition coefficient (Wildman–Crippen LogP) is 5.55. The van der Waals surface area contributed by atoms with Gasteiger partial charge in [0.05, 0.1) is 4.32 Å². The first kappa shape index (κ1) is 23.6. The van der Waals surface area contributed by atoms with Crippen LogP contribution < -0.4 is 0 Å². The molecule has 2 saturated carbocycles. The molecule has 172 valence electrons. The molecule has 32 heavy (non-hydrogen) atoms. The van der Waals surface area contributed by atoms with Crippen LogP contribution in [0, 0.1) is 22.7 Å². The van der Waals surface area contributed by atoms with E-state index in [0.29, 0.717) is 29.0 Å². The fourth-order valence-electron chi connectivity index (χ4n) is 7.09. The van der Waals surface area contributed by atoms with E-state index < -0.39 is 38.8 Å². The van der Waals surface area contributed by atoms with Crippen LogP contribution in [0.25, 0.3) is 0 Å². The predicted molar refractivity (Wildman–Crippen MR) is 124 cm³/mol. The molecule has 1 unspecified atom stereocenters. The molecule has 0 aromatic carbocycles. The molecule has 7 heteroatoms. The maximum Gasteiger partial charge on any atom is 0.303 e. The Bertz CT molecular complexity index is 1060. The molecule has 4 nitrogen and oxygen atoms in total. The van der Waals surface area contributed by atoms with Gasteiger partial charge in [-0.25, -0.2) is 4.39 Å². The third-order valence-electron chi connectivity index (χ3n) is 8.84. The number of rotatable bonds is 2. The van der Waals surface area contributed by atoms with E-state index in [1.165, 1.54) is 19.9 Å². The number of fused-ring (bicyclic) bond motifs is 5. The summed E-state index contributed by atoms with van der Waals surface area (Å²) in [5.41, 5.74) is -2.11. The van der Waals surface area contributed by atoms with Crippen molar-refractivity contribution in [1.82, 2.24) is 0 Å². The van der Waals surface area contributed by atoms with Crippen LogP contribution >= 0.6 is 27.5 Å². The van der Waals surface area contributed by atoms with Gasteiger partial charge >= 0.3 is 5.97 Å². The van der Waals surface area contributed by atoms with E-state index in [0.717, 1.165) is 0 Å². The Hall–Kier alpha value is -1.53. The molecular weight excluding hydrogens is 499 g/mol. The number of esters is 1. The molecule has 0 saturated heterocycles. The third kappa shape index (κ3) is 2.51. The minimum Gasteiger partial charge on any atom is -0.451 e. The van der Waals surface area contributed by atoms with Crippen molar-refractivity contribution < 1.29 is 23.5 Å². The largest absolute Gasteiger partial charge is 0.451 e. The Balaban J connectivity index is 1.95. The van der Waals surface area contributed by atoms with E-state index in [4.69, 9.17) is 16.3 Å². The van der Waals surface area contributed by atoms with Gasteiger partial charge in [-0.3, -0.25) is 14.4 Å². The lowest BCUT2D eigenvalue weighted by molar-refractivity contribution is -0.187. The number of carbonyl (C=O) groups excluding carboxylic acids is 3. The van der Waals surface area contributed by atoms with Gasteiger partial charge in [-0.15, -0.1) is 0 Å². The van der Waals surface area contributed by atoms with Crippen molar-refractivity contribution in [3.63, 3.8) is 0 Å². The van der Waals surface area contributed by atoms with Crippen LogP contribution in [-0.2, 0) is 19.1 Å². The quantitative estimate of drug-likeness (QED) is 0.269. The second-order valence-electron chi connectivity index (χ2n) is 10.0. The summed E-state index contributed by atoms with van der Waals surface area (Å²) in [5.74, 6) is -1.74. The molecule has 4 aliphatic rings. The Morgan fingerprint density at radius 3 is 2.47 bits per heavy atom. The van der Waals surface area contributed by atoms with Crippen LogP contribution in [0.15, 0.2) is 47.1 Å². The van der Waals surface area contributed by atoms with Crippen molar-refractivity contribution >= 4 is 45.1 Å². The van der Waals surface area contributed by atoms with Crippen LogP contribution in [-0.4, -0.2) is 33.6 Å². The summed E-state index contributed by atoms with van der Waals surface area (Å²) in [6.07, 6.45) is 2.69. The average Bonchev–Trinajstić information content (AvgIpc) is 2.97. The maximum atomic E-state index is 16.5. The van der Waals surface area contributed by atoms with Crippen molar-refractivity contribution in [2.75, 3.05) is 0 Å². The van der Waals surface area contributed by atoms with Crippen LogP contribution in [0.2, 0.25) is 0 Å². The Morgan fingerprint density at radius 1 is 1.28 bits per heavy atom. The Morgan fingerprint density at radius 2 is 1.91 bits per heavy atom. The molecule has 0 bridgehead atoms. The molecule has 0 spiro atoms. The van der Waals surface area contributed by atoms with Crippen molar-refractivity contribution in [2.45, 2.75) is 63.1 Å². The van der Waals surface area contributed by atoms with E-state index in [-0.39, 0.29) is 29.5 Å². The summed E-state index contributed by atoms with van der Waals surface area (Å²) < 4.78 is 21.1. The first-order valence-corrected chi connectivity index (χ1v) is 11.9. The normalized spacial score (nSPS) is 45.3. The number of ether oxygens (including phenoxy) is 1. The van der Waals surface area contributed by atoms with Crippen molar-refractivity contribution in [2.24, 2.45) is 22.7 Å². The summed E-state index contributed by atoms with van der Waals surface area (Å²) in [4.78, 5) is 37.3. The van der Waals surface area contributed by atoms with E-state index in [1.807, 2.05) is 13.8 Å². The smallest absolute Gasteiger partial charge is 0.303 e. The van der Waals surface area contributed by atoms with E-state index in [1.54, 1.807) is 6.08 Å². The highest BCUT2D eigenvalue weighted by Crippen LogP contribution is 2.73. The standard InChI is InChI=1S/C25H27BrClFO4/c1-12-13(2)23(6)18(10-20(12)31)19(27)9-17-16-7-8-24(14(3)29,32-15(4)30)22(16,5)11-21(28)25(17,23)26/h9-10,16-17,21H,1-2,7-8,11H2,3-6H3/t16-,17-,21?,22-,23-,24-,25-/m0/s1. The second kappa shape index (κ2) is 6.99. The molecule has 0 aromatic heterocycles. The molecule has 7 atom stereocenters. The minimum atomic E-state index is -1.45. The first-order chi connectivity index (χ1) is 14.7. The molecule has 0 radical (unpaired) electrons. The maximum absolute atomic E-state index is 16.5. The zero-order valence-corrected chi connectivity index (χ0v) is 21.0. The number of allylic oxidation sites excluding steroid dienone is 6. The van der Waals surface area contributed by atoms with Gasteiger partial charge in [-0.1, -0.05) is 53.7 Å². The number of alkyl halides is 2. The first-order valence-electron chi connectivity index (χ1n) is 10.7. The SMILES string of the molecule is C=C1C(=C)[C@@]2(C)C(=CC1=O)C(Cl)=C[C@H]1[C@@H]3CC[C@](OC(C)=O)(C(C)=O)[C@@]3(C)CC(F)[C@@]12Br. The monoisotopic (exact) mass is 524 g/mol. The number of hydrogen-bond acceptors (Lipinski definition) is 4. The van der Waals surface area contributed by atoms with Crippen molar-refractivity contribution in [3.05, 3.63) is 47.1 Å². The fraction of sp³-hybridized carbons (Fsp3) is 0.560. The zero-order chi connectivity index (χ0) is 24.0. The third-order valence-corrected chi connectivity index (χ3v) is 11.0. The second-order valence-corrected chi connectivity index (χ2v) is 11.7. The van der Waals surface area contributed by atoms with Crippen LogP contribution in [0.4, 0.5) is 4.39 Å². The lowest BCUT2D eigenvalue weighted by Crippen LogP contribution is -2.67. The highest BCUT2D eigenvalue weighted by molar-refractivity contribution is 9.10. The van der Waals surface area contributed by atoms with Crippen LogP contribution in [0.1, 0.15) is 47.0 Å². The molecule has 0 amide bonds. The van der Waals surface area contributed by atoms with E-state index in [2.05, 4.69) is 29.1 Å². The summed E-state index contributed by atoms with van der Waals surface area (Å²) in [7, 11) is 0. The molecule has 0 aliphatic heterocycles. The number of halogens is 3. The van der Waals surface area contributed by atoms with Crippen LogP contribution in [0.5, 0.6) is 0 Å². The van der Waals surface area contributed by atoms with Crippen molar-refractivity contribution in [1.29, 1.82) is 0 Å². The van der Waals surface area contributed by atoms with Gasteiger partial charge < -0.3 is 4.74 Å². The molecule has 0 aromatic rings. The number of Topliss-reactive ketones (excluding diaryl/α,β-unsaturated/α-hetero) is 1. The summed E-state index contributed by atoms with van der Waals surface area (Å²) >= 11 is 10.5. The zero-order valence-electron chi connectivity index (χ0n) is 18.7. The van der Waals surface area contributed by atoms with Crippen LogP contribution in [0.3, 0.4) is 0 Å². The molecular formula is C25H27BrClFO4. The highest BCUT2D eigenvalue weighted by Gasteiger charge is 2.75. The Labute approximate surface area is 201 Å². The molecule has 2 fully saturated rings. The van der Waals surface area contributed by atoms with E-state index in [9.17, 15) is 14.4 Å². The molecule has 4 rings (SSSR count). The minimum absolute atomic E-state index is 0.00824. The molecule has 0 N–H and O–H groups in total. The Kier molecular flexibility index (Phi) is 5.16. The van der Waals surface area contributed by atoms with E-state index >= 15 is 4.39 Å². The molecule has 0 heterocycles. The van der Waals surface area contributed by atoms with Gasteiger partial charge in [-0.05, 0) is 56.3 Å². The van der Waals surface area contributed by atoms with Crippen molar-refractivity contribution in [3.8, 4) is 0 Å². The number of carbonyl (C=O) groups is 3. The summed E-state index contributed by atoms with van der Waals surface area (Å²) in [6.45, 7) is 14.4. The average molecular weight is 526 g/mol. The van der Waals surface area contributed by atoms with Gasteiger partial charge in [0.1, 0.15) is 6.17 Å². The van der Waals surface area contributed by atoms with Gasteiger partial charge in [-0.2, -0.15) is 0 Å². The van der Waals surface area contributed by atoms with Gasteiger partial charge in [0.2, 0.25) is 0 Å². The fourth-order valence-corrected chi connectivity index (χ4v) is 8.54. The van der Waals surface area contributed by atoms with Gasteiger partial charge in [0.15, 0.2) is 17.2 Å². The topological polar surface area (TPSA) is 60.4 Å². The van der Waals surface area contributed by atoms with Gasteiger partial charge in [0, 0.05) is 34.3 Å². The highest BCUT2D eigenvalue weighted by atomic mass is 79.9. The summed E-state index contributed by atoms with van der Waals surface area (Å²) in [5, 5.41) is 0.374. The molecule has 4 aliphatic carbocycles. The summed E-state index contributed by atoms with van der Waals surface area (Å²) in [6, 6.07) is 0. The lowest BCUT2D eigenvalue weighted by atomic mass is 9.46. The number of ketones is 2. The number of hydrogen-bond donors (Lipinski definition) is 0. The lowest BCUT2D eigenvalue weighted by Gasteiger charge is -2.63.